The van der Waals surface area contributed by atoms with Gasteiger partial charge in [-0.05, 0) is 43.7 Å². The molecule has 0 spiro atoms. The molecule has 2 atom stereocenters. The third-order valence-corrected chi connectivity index (χ3v) is 5.17. The molecule has 148 valence electrons. The van der Waals surface area contributed by atoms with E-state index in [1.165, 1.54) is 25.3 Å². The van der Waals surface area contributed by atoms with Crippen LogP contribution in [0.1, 0.15) is 28.8 Å². The number of H-pyrrole nitrogens is 1. The average molecular weight is 409 g/mol. The minimum Gasteiger partial charge on any atom is -0.356 e. The second-order valence-electron chi connectivity index (χ2n) is 6.44. The summed E-state index contributed by atoms with van der Waals surface area (Å²) in [5.41, 5.74) is 0.742. The van der Waals surface area contributed by atoms with Gasteiger partial charge in [-0.2, -0.15) is 0 Å². The number of rotatable bonds is 5. The fraction of sp³-hybridized carbons (Fsp3) is 0.222. The Morgan fingerprint density at radius 2 is 1.75 bits per heavy atom. The van der Waals surface area contributed by atoms with Crippen LogP contribution in [0.4, 0.5) is 19.0 Å². The second kappa shape index (κ2) is 7.27. The van der Waals surface area contributed by atoms with Crippen molar-refractivity contribution < 1.29 is 17.4 Å². The van der Waals surface area contributed by atoms with E-state index in [4.69, 9.17) is 4.78 Å². The Morgan fingerprint density at radius 1 is 1.11 bits per heavy atom. The van der Waals surface area contributed by atoms with Gasteiger partial charge in [0, 0.05) is 18.0 Å². The molecule has 1 aromatic carbocycles. The SMILES string of the molecule is Cc1nc(NC(c2cc(F)cc(F)c2)c2nc([S@@](C)(=N)=O)c(C)[nH]2)ccc1F. The average Bonchev–Trinajstić information content (AvgIpc) is 2.96. The van der Waals surface area contributed by atoms with E-state index in [-0.39, 0.29) is 27.9 Å². The molecule has 0 aliphatic rings. The van der Waals surface area contributed by atoms with Crippen molar-refractivity contribution in [3.63, 3.8) is 0 Å². The van der Waals surface area contributed by atoms with Crippen LogP contribution in [-0.4, -0.2) is 25.4 Å². The summed E-state index contributed by atoms with van der Waals surface area (Å²) in [6, 6.07) is 4.68. The van der Waals surface area contributed by atoms with Crippen molar-refractivity contribution in [1.82, 2.24) is 15.0 Å². The first-order valence-electron chi connectivity index (χ1n) is 8.20. The lowest BCUT2D eigenvalue weighted by Crippen LogP contribution is -2.16. The molecule has 0 saturated heterocycles. The topological polar surface area (TPSA) is 94.5 Å². The molecule has 0 aliphatic heterocycles. The van der Waals surface area contributed by atoms with Gasteiger partial charge in [0.25, 0.3) is 0 Å². The minimum absolute atomic E-state index is 0.0504. The Bertz CT molecular complexity index is 1120. The first-order valence-corrected chi connectivity index (χ1v) is 10.2. The smallest absolute Gasteiger partial charge is 0.156 e. The number of benzene rings is 1. The monoisotopic (exact) mass is 409 g/mol. The fourth-order valence-corrected chi connectivity index (χ4v) is 3.71. The Balaban J connectivity index is 2.12. The molecular formula is C18H18F3N5OS. The Morgan fingerprint density at radius 3 is 2.29 bits per heavy atom. The van der Waals surface area contributed by atoms with Crippen LogP contribution >= 0.6 is 0 Å². The van der Waals surface area contributed by atoms with Gasteiger partial charge in [-0.25, -0.2) is 32.1 Å². The first kappa shape index (κ1) is 19.9. The van der Waals surface area contributed by atoms with Crippen LogP contribution in [0.5, 0.6) is 0 Å². The van der Waals surface area contributed by atoms with Crippen molar-refractivity contribution in [2.75, 3.05) is 11.6 Å². The van der Waals surface area contributed by atoms with Crippen LogP contribution in [0, 0.1) is 36.1 Å². The normalized spacial score (nSPS) is 14.5. The van der Waals surface area contributed by atoms with E-state index in [2.05, 4.69) is 20.3 Å². The molecule has 0 amide bonds. The summed E-state index contributed by atoms with van der Waals surface area (Å²) in [4.78, 5) is 11.2. The lowest BCUT2D eigenvalue weighted by atomic mass is 10.1. The maximum atomic E-state index is 13.8. The summed E-state index contributed by atoms with van der Waals surface area (Å²) in [6.45, 7) is 3.09. The molecule has 0 saturated carbocycles. The first-order chi connectivity index (χ1) is 13.0. The number of pyridine rings is 1. The molecule has 6 nitrogen and oxygen atoms in total. The molecule has 0 aliphatic carbocycles. The zero-order valence-corrected chi connectivity index (χ0v) is 16.1. The van der Waals surface area contributed by atoms with Gasteiger partial charge in [0.1, 0.15) is 35.1 Å². The van der Waals surface area contributed by atoms with Crippen LogP contribution in [0.25, 0.3) is 0 Å². The Kier molecular flexibility index (Phi) is 5.16. The molecule has 3 aromatic rings. The van der Waals surface area contributed by atoms with Gasteiger partial charge in [0.15, 0.2) is 5.03 Å². The molecular weight excluding hydrogens is 391 g/mol. The molecule has 3 rings (SSSR count). The number of aromatic nitrogens is 3. The molecule has 0 radical (unpaired) electrons. The number of aromatic amines is 1. The molecule has 0 bridgehead atoms. The summed E-state index contributed by atoms with van der Waals surface area (Å²) < 4.78 is 61.0. The summed E-state index contributed by atoms with van der Waals surface area (Å²) in [5.74, 6) is -1.60. The zero-order chi connectivity index (χ0) is 20.6. The maximum Gasteiger partial charge on any atom is 0.156 e. The molecule has 28 heavy (non-hydrogen) atoms. The van der Waals surface area contributed by atoms with Crippen molar-refractivity contribution in [1.29, 1.82) is 4.78 Å². The maximum absolute atomic E-state index is 13.8. The molecule has 0 fully saturated rings. The van der Waals surface area contributed by atoms with Gasteiger partial charge in [-0.15, -0.1) is 0 Å². The van der Waals surface area contributed by atoms with Crippen LogP contribution in [0.2, 0.25) is 0 Å². The van der Waals surface area contributed by atoms with E-state index in [0.29, 0.717) is 5.69 Å². The Labute approximate surface area is 160 Å². The largest absolute Gasteiger partial charge is 0.356 e. The third kappa shape index (κ3) is 4.16. The van der Waals surface area contributed by atoms with Gasteiger partial charge >= 0.3 is 0 Å². The zero-order valence-electron chi connectivity index (χ0n) is 15.3. The molecule has 1 unspecified atom stereocenters. The van der Waals surface area contributed by atoms with Crippen LogP contribution in [0.15, 0.2) is 35.4 Å². The van der Waals surface area contributed by atoms with E-state index in [9.17, 15) is 17.4 Å². The number of halogens is 3. The number of hydrogen-bond acceptors (Lipinski definition) is 5. The number of nitrogens with zero attached hydrogens (tertiary/aromatic N) is 2. The van der Waals surface area contributed by atoms with E-state index in [0.717, 1.165) is 18.2 Å². The lowest BCUT2D eigenvalue weighted by molar-refractivity contribution is 0.577. The van der Waals surface area contributed by atoms with E-state index >= 15 is 0 Å². The number of imidazole rings is 1. The number of hydrogen-bond donors (Lipinski definition) is 3. The highest BCUT2D eigenvalue weighted by Crippen LogP contribution is 2.28. The predicted molar refractivity (Wildman–Crippen MR) is 99.1 cm³/mol. The van der Waals surface area contributed by atoms with E-state index in [1.54, 1.807) is 6.92 Å². The molecule has 3 N–H and O–H groups in total. The number of aryl methyl sites for hydroxylation is 2. The Hall–Kier alpha value is -2.88. The van der Waals surface area contributed by atoms with Crippen molar-refractivity contribution in [2.24, 2.45) is 0 Å². The summed E-state index contributed by atoms with van der Waals surface area (Å²) in [7, 11) is -3.11. The van der Waals surface area contributed by atoms with Crippen LogP contribution in [-0.2, 0) is 9.73 Å². The highest BCUT2D eigenvalue weighted by Gasteiger charge is 2.23. The van der Waals surface area contributed by atoms with Crippen LogP contribution < -0.4 is 5.32 Å². The van der Waals surface area contributed by atoms with Gasteiger partial charge in [-0.1, -0.05) is 0 Å². The van der Waals surface area contributed by atoms with Gasteiger partial charge in [0.2, 0.25) is 0 Å². The molecule has 2 heterocycles. The highest BCUT2D eigenvalue weighted by molar-refractivity contribution is 7.91. The van der Waals surface area contributed by atoms with E-state index in [1.807, 2.05) is 0 Å². The quantitative estimate of drug-likeness (QED) is 0.592. The van der Waals surface area contributed by atoms with E-state index < -0.39 is 33.2 Å². The fourth-order valence-electron chi connectivity index (χ4n) is 2.81. The highest BCUT2D eigenvalue weighted by atomic mass is 32.2. The van der Waals surface area contributed by atoms with Crippen molar-refractivity contribution in [2.45, 2.75) is 24.9 Å². The van der Waals surface area contributed by atoms with Crippen molar-refractivity contribution in [3.05, 3.63) is 70.6 Å². The van der Waals surface area contributed by atoms with Gasteiger partial charge < -0.3 is 10.3 Å². The predicted octanol–water partition coefficient (Wildman–Crippen LogP) is 4.08. The molecule has 2 aromatic heterocycles. The summed E-state index contributed by atoms with van der Waals surface area (Å²) in [5, 5.41) is 3.02. The van der Waals surface area contributed by atoms with Crippen LogP contribution in [0.3, 0.4) is 0 Å². The minimum atomic E-state index is -3.11. The summed E-state index contributed by atoms with van der Waals surface area (Å²) in [6.07, 6.45) is 1.23. The number of anilines is 1. The lowest BCUT2D eigenvalue weighted by Gasteiger charge is -2.18. The van der Waals surface area contributed by atoms with Crippen molar-refractivity contribution >= 4 is 15.5 Å². The molecule has 10 heteroatoms. The van der Waals surface area contributed by atoms with Gasteiger partial charge in [-0.3, -0.25) is 0 Å². The van der Waals surface area contributed by atoms with Crippen molar-refractivity contribution in [3.8, 4) is 0 Å². The third-order valence-electron chi connectivity index (χ3n) is 4.03. The number of nitrogens with one attached hydrogen (secondary N) is 3. The summed E-state index contributed by atoms with van der Waals surface area (Å²) >= 11 is 0. The second-order valence-corrected chi connectivity index (χ2v) is 8.51. The standard InChI is InChI=1S/C18H18F3N5OS/c1-9-14(21)4-5-15(23-9)25-16(11-6-12(19)8-13(20)7-11)17-24-10(2)18(26-17)28(3,22)27/h4-8,16,22H,1-3H3,(H,23,25)(H,24,26)/t16?,28-/m0/s1. The van der Waals surface area contributed by atoms with Gasteiger partial charge in [0.05, 0.1) is 15.4 Å².